The highest BCUT2D eigenvalue weighted by atomic mass is 19.1. The second-order valence-corrected chi connectivity index (χ2v) is 8.23. The highest BCUT2D eigenvalue weighted by molar-refractivity contribution is 5.30. The van der Waals surface area contributed by atoms with Gasteiger partial charge >= 0.3 is 0 Å². The largest absolute Gasteiger partial charge is 0.494 e. The molecular formula is C20H31FN2O3. The summed E-state index contributed by atoms with van der Waals surface area (Å²) in [6.45, 7) is 10.6. The van der Waals surface area contributed by atoms with Crippen LogP contribution in [0.15, 0.2) is 18.2 Å². The van der Waals surface area contributed by atoms with Crippen LogP contribution in [0.25, 0.3) is 0 Å². The number of piperidine rings is 1. The van der Waals surface area contributed by atoms with Crippen LogP contribution in [-0.4, -0.2) is 73.6 Å². The Kier molecular flexibility index (Phi) is 5.87. The molecule has 0 saturated carbocycles. The zero-order valence-electron chi connectivity index (χ0n) is 16.1. The van der Waals surface area contributed by atoms with E-state index < -0.39 is 5.60 Å². The van der Waals surface area contributed by atoms with Crippen molar-refractivity contribution in [2.45, 2.75) is 32.4 Å². The number of hydrogen-bond acceptors (Lipinski definition) is 5. The maximum Gasteiger partial charge on any atom is 0.165 e. The summed E-state index contributed by atoms with van der Waals surface area (Å²) in [5.41, 5.74) is 0.0901. The van der Waals surface area contributed by atoms with Crippen LogP contribution in [0.2, 0.25) is 0 Å². The Morgan fingerprint density at radius 3 is 2.58 bits per heavy atom. The van der Waals surface area contributed by atoms with E-state index in [4.69, 9.17) is 9.47 Å². The van der Waals surface area contributed by atoms with Gasteiger partial charge in [-0.15, -0.1) is 0 Å². The van der Waals surface area contributed by atoms with Crippen molar-refractivity contribution in [2.75, 3.05) is 53.0 Å². The summed E-state index contributed by atoms with van der Waals surface area (Å²) in [6.07, 6.45) is 0.732. The summed E-state index contributed by atoms with van der Waals surface area (Å²) in [4.78, 5) is 4.65. The second-order valence-electron chi connectivity index (χ2n) is 8.23. The van der Waals surface area contributed by atoms with Crippen molar-refractivity contribution in [2.24, 2.45) is 5.41 Å². The molecule has 5 nitrogen and oxygen atoms in total. The molecule has 0 radical (unpaired) electrons. The molecule has 0 bridgehead atoms. The van der Waals surface area contributed by atoms with Crippen molar-refractivity contribution in [1.82, 2.24) is 9.80 Å². The van der Waals surface area contributed by atoms with Crippen LogP contribution in [0.3, 0.4) is 0 Å². The van der Waals surface area contributed by atoms with E-state index in [1.165, 1.54) is 13.2 Å². The third-order valence-electron chi connectivity index (χ3n) is 5.93. The lowest BCUT2D eigenvalue weighted by atomic mass is 9.69. The molecule has 2 heterocycles. The topological polar surface area (TPSA) is 45.2 Å². The van der Waals surface area contributed by atoms with Gasteiger partial charge in [0.2, 0.25) is 0 Å². The number of hydrogen-bond donors (Lipinski definition) is 1. The van der Waals surface area contributed by atoms with Gasteiger partial charge in [0.05, 0.1) is 25.9 Å². The molecular weight excluding hydrogens is 335 g/mol. The summed E-state index contributed by atoms with van der Waals surface area (Å²) < 4.78 is 24.1. The predicted molar refractivity (Wildman–Crippen MR) is 98.8 cm³/mol. The van der Waals surface area contributed by atoms with E-state index in [1.54, 1.807) is 12.1 Å². The van der Waals surface area contributed by atoms with Gasteiger partial charge in [0, 0.05) is 44.7 Å². The monoisotopic (exact) mass is 366 g/mol. The molecule has 0 unspecified atom stereocenters. The minimum absolute atomic E-state index is 0.229. The van der Waals surface area contributed by atoms with Crippen LogP contribution in [0.1, 0.15) is 25.8 Å². The van der Waals surface area contributed by atoms with E-state index in [2.05, 4.69) is 23.6 Å². The average Bonchev–Trinajstić information content (AvgIpc) is 2.61. The Morgan fingerprint density at radius 2 is 1.92 bits per heavy atom. The molecule has 1 aromatic carbocycles. The molecule has 146 valence electrons. The molecule has 1 N–H and O–H groups in total. The summed E-state index contributed by atoms with van der Waals surface area (Å²) in [5.74, 6) is -0.0577. The number of morpholine rings is 1. The van der Waals surface area contributed by atoms with Crippen LogP contribution in [-0.2, 0) is 11.3 Å². The minimum atomic E-state index is -0.707. The highest BCUT2D eigenvalue weighted by Crippen LogP contribution is 2.40. The Labute approximate surface area is 155 Å². The van der Waals surface area contributed by atoms with Crippen molar-refractivity contribution >= 4 is 0 Å². The number of rotatable bonds is 5. The summed E-state index contributed by atoms with van der Waals surface area (Å²) in [5, 5.41) is 11.4. The lowest BCUT2D eigenvalue weighted by Crippen LogP contribution is -2.62. The minimum Gasteiger partial charge on any atom is -0.494 e. The molecule has 1 atom stereocenters. The first-order valence-corrected chi connectivity index (χ1v) is 9.40. The van der Waals surface area contributed by atoms with Crippen LogP contribution in [0.5, 0.6) is 5.75 Å². The van der Waals surface area contributed by atoms with Gasteiger partial charge in [-0.1, -0.05) is 19.9 Å². The molecule has 0 aromatic heterocycles. The Morgan fingerprint density at radius 1 is 1.19 bits per heavy atom. The van der Waals surface area contributed by atoms with Gasteiger partial charge < -0.3 is 14.6 Å². The van der Waals surface area contributed by atoms with Gasteiger partial charge in [-0.25, -0.2) is 4.39 Å². The van der Waals surface area contributed by atoms with E-state index in [-0.39, 0.29) is 17.0 Å². The maximum atomic E-state index is 13.6. The van der Waals surface area contributed by atoms with Crippen LogP contribution < -0.4 is 4.74 Å². The predicted octanol–water partition coefficient (Wildman–Crippen LogP) is 2.13. The summed E-state index contributed by atoms with van der Waals surface area (Å²) in [7, 11) is 1.48. The number of β-amino-alcohol motifs (C(OH)–C–C–N with tert-alkyl or cyclic N) is 1. The third kappa shape index (κ3) is 4.19. The number of nitrogens with zero attached hydrogens (tertiary/aromatic N) is 2. The lowest BCUT2D eigenvalue weighted by molar-refractivity contribution is -0.140. The lowest BCUT2D eigenvalue weighted by Gasteiger charge is -2.52. The summed E-state index contributed by atoms with van der Waals surface area (Å²) in [6, 6.07) is 5.02. The fourth-order valence-electron chi connectivity index (χ4n) is 4.08. The first-order valence-electron chi connectivity index (χ1n) is 9.40. The van der Waals surface area contributed by atoms with Crippen molar-refractivity contribution in [1.29, 1.82) is 0 Å². The number of ether oxygens (including phenoxy) is 2. The second kappa shape index (κ2) is 7.80. The maximum absolute atomic E-state index is 13.6. The Hall–Kier alpha value is -1.21. The SMILES string of the molecule is COc1cc(CN2CC[C@](O)(CN3CCOCC3)C(C)(C)C2)ccc1F. The molecule has 1 aromatic rings. The van der Waals surface area contributed by atoms with Crippen LogP contribution in [0.4, 0.5) is 4.39 Å². The molecule has 3 rings (SSSR count). The van der Waals surface area contributed by atoms with Gasteiger partial charge in [0.15, 0.2) is 11.6 Å². The summed E-state index contributed by atoms with van der Waals surface area (Å²) >= 11 is 0. The molecule has 6 heteroatoms. The fourth-order valence-corrected chi connectivity index (χ4v) is 4.08. The molecule has 0 aliphatic carbocycles. The molecule has 2 aliphatic rings. The normalized spacial score (nSPS) is 27.4. The molecule has 0 spiro atoms. The number of likely N-dealkylation sites (tertiary alicyclic amines) is 1. The Bertz CT molecular complexity index is 619. The van der Waals surface area contributed by atoms with Crippen molar-refractivity contribution in [3.05, 3.63) is 29.6 Å². The van der Waals surface area contributed by atoms with E-state index in [0.29, 0.717) is 6.54 Å². The number of methoxy groups -OCH3 is 1. The van der Waals surface area contributed by atoms with Crippen LogP contribution in [0, 0.1) is 11.2 Å². The molecule has 2 saturated heterocycles. The number of aliphatic hydroxyl groups is 1. The number of benzene rings is 1. The first-order chi connectivity index (χ1) is 12.3. The zero-order valence-corrected chi connectivity index (χ0v) is 16.1. The smallest absolute Gasteiger partial charge is 0.165 e. The molecule has 2 aliphatic heterocycles. The Balaban J connectivity index is 1.64. The molecule has 2 fully saturated rings. The first kappa shape index (κ1) is 19.5. The standard InChI is InChI=1S/C20H31FN2O3/c1-19(2)14-23(13-16-4-5-17(21)18(12-16)25-3)7-6-20(19,24)15-22-8-10-26-11-9-22/h4-5,12,24H,6-11,13-15H2,1-3H3/t20-/m0/s1. The van der Waals surface area contributed by atoms with E-state index in [9.17, 15) is 9.50 Å². The third-order valence-corrected chi connectivity index (χ3v) is 5.93. The van der Waals surface area contributed by atoms with Gasteiger partial charge in [0.1, 0.15) is 0 Å². The quantitative estimate of drug-likeness (QED) is 0.865. The fraction of sp³-hybridized carbons (Fsp3) is 0.700. The average molecular weight is 366 g/mol. The molecule has 26 heavy (non-hydrogen) atoms. The van der Waals surface area contributed by atoms with E-state index in [1.807, 2.05) is 0 Å². The van der Waals surface area contributed by atoms with Crippen LogP contribution >= 0.6 is 0 Å². The highest BCUT2D eigenvalue weighted by Gasteiger charge is 2.48. The van der Waals surface area contributed by atoms with Gasteiger partial charge in [-0.2, -0.15) is 0 Å². The van der Waals surface area contributed by atoms with Gasteiger partial charge in [0.25, 0.3) is 0 Å². The van der Waals surface area contributed by atoms with Crippen molar-refractivity contribution in [3.8, 4) is 5.75 Å². The van der Waals surface area contributed by atoms with Crippen molar-refractivity contribution in [3.63, 3.8) is 0 Å². The molecule has 0 amide bonds. The number of halogens is 1. The van der Waals surface area contributed by atoms with Gasteiger partial charge in [-0.3, -0.25) is 9.80 Å². The van der Waals surface area contributed by atoms with E-state index in [0.717, 1.165) is 57.9 Å². The van der Waals surface area contributed by atoms with Crippen molar-refractivity contribution < 1.29 is 19.0 Å². The van der Waals surface area contributed by atoms with E-state index >= 15 is 0 Å². The zero-order chi connectivity index (χ0) is 18.8. The van der Waals surface area contributed by atoms with Gasteiger partial charge in [-0.05, 0) is 24.1 Å².